The summed E-state index contributed by atoms with van der Waals surface area (Å²) in [5, 5.41) is 21.4. The van der Waals surface area contributed by atoms with Gasteiger partial charge in [0.05, 0.1) is 5.69 Å². The Morgan fingerprint density at radius 3 is 2.33 bits per heavy atom. The molecule has 0 aromatic heterocycles. The van der Waals surface area contributed by atoms with Crippen LogP contribution >= 0.6 is 15.9 Å². The van der Waals surface area contributed by atoms with Gasteiger partial charge in [0.2, 0.25) is 0 Å². The first-order valence-electron chi connectivity index (χ1n) is 4.55. The van der Waals surface area contributed by atoms with Crippen LogP contribution in [0.1, 0.15) is 20.8 Å². The van der Waals surface area contributed by atoms with Crippen molar-refractivity contribution in [3.8, 4) is 0 Å². The minimum Gasteiger partial charge on any atom is -0.379 e. The smallest absolute Gasteiger partial charge is 0.118 e. The molecule has 0 saturated carbocycles. The van der Waals surface area contributed by atoms with Gasteiger partial charge in [-0.25, -0.2) is 0 Å². The zero-order valence-electron chi connectivity index (χ0n) is 8.95. The van der Waals surface area contributed by atoms with Crippen molar-refractivity contribution in [1.29, 1.82) is 0 Å². The van der Waals surface area contributed by atoms with Gasteiger partial charge in [-0.05, 0) is 39.0 Å². The molecule has 1 aromatic rings. The molecule has 3 N–H and O–H groups in total. The van der Waals surface area contributed by atoms with Gasteiger partial charge in [0.25, 0.3) is 0 Å². The van der Waals surface area contributed by atoms with Crippen LogP contribution in [0.4, 0.5) is 11.4 Å². The molecule has 0 aliphatic rings. The normalized spacial score (nSPS) is 11.3. The third-order valence-corrected chi connectivity index (χ3v) is 2.18. The number of hydrogen-bond donors (Lipinski definition) is 3. The average molecular weight is 275 g/mol. The van der Waals surface area contributed by atoms with Crippen molar-refractivity contribution in [2.45, 2.75) is 26.3 Å². The number of benzene rings is 1. The molecule has 0 radical (unpaired) electrons. The molecule has 1 aromatic carbocycles. The fourth-order valence-corrected chi connectivity index (χ4v) is 1.53. The number of halogens is 1. The van der Waals surface area contributed by atoms with Gasteiger partial charge in [0, 0.05) is 10.0 Å². The highest BCUT2D eigenvalue weighted by atomic mass is 79.9. The molecule has 0 amide bonds. The van der Waals surface area contributed by atoms with Gasteiger partial charge in [0.15, 0.2) is 0 Å². The maximum atomic E-state index is 9.05. The Kier molecular flexibility index (Phi) is 3.59. The first kappa shape index (κ1) is 12.3. The van der Waals surface area contributed by atoms with Crippen molar-refractivity contribution in [3.05, 3.63) is 22.7 Å². The zero-order chi connectivity index (χ0) is 11.6. The molecule has 0 spiro atoms. The molecular weight excluding hydrogens is 260 g/mol. The molecule has 0 atom stereocenters. The maximum absolute atomic E-state index is 9.05. The second-order valence-corrected chi connectivity index (χ2v) is 5.24. The van der Waals surface area contributed by atoms with Gasteiger partial charge in [-0.15, -0.1) is 5.23 Å². The summed E-state index contributed by atoms with van der Waals surface area (Å²) >= 11 is 3.27. The Hall–Kier alpha value is -0.780. The van der Waals surface area contributed by atoms with E-state index < -0.39 is 0 Å². The number of nitrogens with one attached hydrogen (secondary N) is 1. The van der Waals surface area contributed by atoms with E-state index in [4.69, 9.17) is 10.4 Å². The van der Waals surface area contributed by atoms with E-state index in [9.17, 15) is 0 Å². The third kappa shape index (κ3) is 3.70. The highest BCUT2D eigenvalue weighted by Crippen LogP contribution is 2.29. The number of rotatable bonds is 2. The lowest BCUT2D eigenvalue weighted by Crippen LogP contribution is -2.27. The summed E-state index contributed by atoms with van der Waals surface area (Å²) in [5.74, 6) is 0. The fraction of sp³-hybridized carbons (Fsp3) is 0.400. The van der Waals surface area contributed by atoms with Crippen LogP contribution in [0, 0.1) is 0 Å². The predicted octanol–water partition coefficient (Wildman–Crippen LogP) is 3.24. The Balaban J connectivity index is 3.06. The van der Waals surface area contributed by atoms with Crippen LogP contribution in [0.3, 0.4) is 0 Å². The summed E-state index contributed by atoms with van der Waals surface area (Å²) < 4.78 is 0.782. The van der Waals surface area contributed by atoms with Crippen molar-refractivity contribution in [1.82, 2.24) is 0 Å². The van der Waals surface area contributed by atoms with Gasteiger partial charge in [-0.3, -0.25) is 10.4 Å². The van der Waals surface area contributed by atoms with Crippen LogP contribution in [-0.4, -0.2) is 16.0 Å². The van der Waals surface area contributed by atoms with E-state index in [2.05, 4.69) is 21.2 Å². The Morgan fingerprint density at radius 1 is 1.27 bits per heavy atom. The van der Waals surface area contributed by atoms with E-state index >= 15 is 0 Å². The summed E-state index contributed by atoms with van der Waals surface area (Å²) in [4.78, 5) is 0. The monoisotopic (exact) mass is 274 g/mol. The molecule has 0 bridgehead atoms. The highest BCUT2D eigenvalue weighted by Gasteiger charge is 2.14. The molecule has 0 fully saturated rings. The molecule has 5 heteroatoms. The molecule has 0 heterocycles. The topological polar surface area (TPSA) is 55.7 Å². The Bertz CT molecular complexity index is 348. The molecule has 15 heavy (non-hydrogen) atoms. The van der Waals surface area contributed by atoms with E-state index in [0.717, 1.165) is 4.47 Å². The summed E-state index contributed by atoms with van der Waals surface area (Å²) in [6.45, 7) is 5.99. The highest BCUT2D eigenvalue weighted by molar-refractivity contribution is 9.10. The maximum Gasteiger partial charge on any atom is 0.118 e. The second kappa shape index (κ2) is 4.38. The zero-order valence-corrected chi connectivity index (χ0v) is 10.5. The van der Waals surface area contributed by atoms with Crippen molar-refractivity contribution in [2.75, 3.05) is 10.5 Å². The van der Waals surface area contributed by atoms with E-state index in [1.807, 2.05) is 26.8 Å². The van der Waals surface area contributed by atoms with E-state index in [1.165, 1.54) is 0 Å². The minimum absolute atomic E-state index is 0.110. The van der Waals surface area contributed by atoms with Gasteiger partial charge in [-0.2, -0.15) is 0 Å². The lowest BCUT2D eigenvalue weighted by molar-refractivity contribution is 0.0295. The lowest BCUT2D eigenvalue weighted by atomic mass is 10.1. The van der Waals surface area contributed by atoms with Gasteiger partial charge >= 0.3 is 0 Å². The average Bonchev–Trinajstić information content (AvgIpc) is 2.05. The molecule has 0 unspecified atom stereocenters. The van der Waals surface area contributed by atoms with Crippen LogP contribution < -0.4 is 10.5 Å². The van der Waals surface area contributed by atoms with Crippen molar-refractivity contribution >= 4 is 27.3 Å². The summed E-state index contributed by atoms with van der Waals surface area (Å²) in [7, 11) is 0. The number of hydrogen-bond acceptors (Lipinski definition) is 4. The first-order valence-corrected chi connectivity index (χ1v) is 5.34. The second-order valence-electron chi connectivity index (χ2n) is 4.33. The fourth-order valence-electron chi connectivity index (χ4n) is 1.18. The van der Waals surface area contributed by atoms with E-state index in [0.29, 0.717) is 11.4 Å². The SMILES string of the molecule is CC(C)(C)Nc1ccc(Br)cc1N(O)O. The summed E-state index contributed by atoms with van der Waals surface area (Å²) in [5.41, 5.74) is 0.827. The van der Waals surface area contributed by atoms with Crippen LogP contribution in [0.25, 0.3) is 0 Å². The number of anilines is 2. The first-order chi connectivity index (χ1) is 6.79. The van der Waals surface area contributed by atoms with E-state index in [1.54, 1.807) is 12.1 Å². The molecular formula is C10H15BrN2O2. The predicted molar refractivity (Wildman–Crippen MR) is 63.6 cm³/mol. The van der Waals surface area contributed by atoms with Crippen molar-refractivity contribution < 1.29 is 10.4 Å². The van der Waals surface area contributed by atoms with Crippen LogP contribution in [0.5, 0.6) is 0 Å². The molecule has 0 saturated heterocycles. The number of nitrogens with zero attached hydrogens (tertiary/aromatic N) is 1. The third-order valence-electron chi connectivity index (χ3n) is 1.68. The van der Waals surface area contributed by atoms with E-state index in [-0.39, 0.29) is 10.8 Å². The van der Waals surface area contributed by atoms with Crippen LogP contribution in [0.15, 0.2) is 22.7 Å². The van der Waals surface area contributed by atoms with Gasteiger partial charge in [-0.1, -0.05) is 15.9 Å². The molecule has 1 rings (SSSR count). The molecule has 0 aliphatic heterocycles. The quantitative estimate of drug-likeness (QED) is 0.725. The van der Waals surface area contributed by atoms with Gasteiger partial charge in [0.1, 0.15) is 5.69 Å². The Labute approximate surface area is 97.6 Å². The van der Waals surface area contributed by atoms with Crippen molar-refractivity contribution in [2.24, 2.45) is 0 Å². The Morgan fingerprint density at radius 2 is 1.87 bits per heavy atom. The standard InChI is InChI=1S/C10H15BrN2O2/c1-10(2,3)12-8-5-4-7(11)6-9(8)13(14)15/h4-6,12,14-15H,1-3H3. The summed E-state index contributed by atoms with van der Waals surface area (Å²) in [6.07, 6.45) is 0. The van der Waals surface area contributed by atoms with Crippen LogP contribution in [-0.2, 0) is 0 Å². The minimum atomic E-state index is -0.140. The van der Waals surface area contributed by atoms with Crippen LogP contribution in [0.2, 0.25) is 0 Å². The molecule has 4 nitrogen and oxygen atoms in total. The summed E-state index contributed by atoms with van der Waals surface area (Å²) in [6, 6.07) is 5.24. The van der Waals surface area contributed by atoms with Crippen molar-refractivity contribution in [3.63, 3.8) is 0 Å². The molecule has 0 aliphatic carbocycles. The van der Waals surface area contributed by atoms with Gasteiger partial charge < -0.3 is 5.32 Å². The lowest BCUT2D eigenvalue weighted by Gasteiger charge is -2.25. The molecule has 84 valence electrons. The largest absolute Gasteiger partial charge is 0.379 e.